The lowest BCUT2D eigenvalue weighted by molar-refractivity contribution is 0.0951. The Morgan fingerprint density at radius 1 is 1.29 bits per heavy atom. The van der Waals surface area contributed by atoms with Crippen LogP contribution in [0.2, 0.25) is 0 Å². The topological polar surface area (TPSA) is 59.9 Å². The maximum atomic E-state index is 13.5. The molecule has 2 aromatic rings. The van der Waals surface area contributed by atoms with Gasteiger partial charge in [0, 0.05) is 0 Å². The van der Waals surface area contributed by atoms with Gasteiger partial charge >= 0.3 is 0 Å². The van der Waals surface area contributed by atoms with Crippen LogP contribution in [0.3, 0.4) is 0 Å². The van der Waals surface area contributed by atoms with Crippen LogP contribution >= 0.6 is 0 Å². The van der Waals surface area contributed by atoms with E-state index in [1.54, 1.807) is 30.3 Å². The van der Waals surface area contributed by atoms with Gasteiger partial charge in [-0.3, -0.25) is 4.79 Å². The molecule has 24 heavy (non-hydrogen) atoms. The van der Waals surface area contributed by atoms with Crippen LogP contribution in [-0.2, 0) is 0 Å². The van der Waals surface area contributed by atoms with Gasteiger partial charge < -0.3 is 9.47 Å². The molecule has 0 aliphatic carbocycles. The Morgan fingerprint density at radius 3 is 2.79 bits per heavy atom. The molecule has 5 nitrogen and oxygen atoms in total. The lowest BCUT2D eigenvalue weighted by atomic mass is 10.2. The van der Waals surface area contributed by atoms with Gasteiger partial charge in [-0.25, -0.2) is 9.82 Å². The molecule has 0 unspecified atom stereocenters. The van der Waals surface area contributed by atoms with E-state index in [0.717, 1.165) is 0 Å². The smallest absolute Gasteiger partial charge is 0.274 e. The SMILES string of the molecule is C=CCOc1ccc(/C=N\NC(=O)c2ccccc2F)cc1OC. The summed E-state index contributed by atoms with van der Waals surface area (Å²) in [5.41, 5.74) is 2.90. The van der Waals surface area contributed by atoms with Crippen molar-refractivity contribution in [1.82, 2.24) is 5.43 Å². The Balaban J connectivity index is 2.05. The molecule has 0 saturated carbocycles. The number of nitrogens with zero attached hydrogens (tertiary/aromatic N) is 1. The van der Waals surface area contributed by atoms with Crippen LogP contribution in [0.1, 0.15) is 15.9 Å². The van der Waals surface area contributed by atoms with Gasteiger partial charge in [0.2, 0.25) is 0 Å². The van der Waals surface area contributed by atoms with Gasteiger partial charge in [0.1, 0.15) is 12.4 Å². The molecule has 2 rings (SSSR count). The number of amides is 1. The molecule has 1 N–H and O–H groups in total. The predicted molar refractivity (Wildman–Crippen MR) is 90.1 cm³/mol. The number of hydrogen-bond donors (Lipinski definition) is 1. The van der Waals surface area contributed by atoms with E-state index in [1.165, 1.54) is 31.5 Å². The number of carbonyl (C=O) groups is 1. The molecule has 0 radical (unpaired) electrons. The van der Waals surface area contributed by atoms with Crippen LogP contribution < -0.4 is 14.9 Å². The van der Waals surface area contributed by atoms with Crippen molar-refractivity contribution in [2.45, 2.75) is 0 Å². The minimum atomic E-state index is -0.623. The molecule has 124 valence electrons. The molecule has 6 heteroatoms. The number of carbonyl (C=O) groups excluding carboxylic acids is 1. The van der Waals surface area contributed by atoms with Crippen molar-refractivity contribution in [3.8, 4) is 11.5 Å². The summed E-state index contributed by atoms with van der Waals surface area (Å²) >= 11 is 0. The van der Waals surface area contributed by atoms with E-state index >= 15 is 0 Å². The van der Waals surface area contributed by atoms with Crippen LogP contribution in [0.4, 0.5) is 4.39 Å². The number of rotatable bonds is 7. The lowest BCUT2D eigenvalue weighted by Gasteiger charge is -2.09. The molecule has 0 aromatic heterocycles. The lowest BCUT2D eigenvalue weighted by Crippen LogP contribution is -2.18. The van der Waals surface area contributed by atoms with Crippen molar-refractivity contribution in [2.75, 3.05) is 13.7 Å². The maximum absolute atomic E-state index is 13.5. The Bertz CT molecular complexity index is 760. The Labute approximate surface area is 139 Å². The summed E-state index contributed by atoms with van der Waals surface area (Å²) in [6, 6.07) is 10.9. The van der Waals surface area contributed by atoms with Crippen molar-refractivity contribution < 1.29 is 18.7 Å². The molecule has 1 amide bonds. The van der Waals surface area contributed by atoms with Gasteiger partial charge in [0.25, 0.3) is 5.91 Å². The summed E-state index contributed by atoms with van der Waals surface area (Å²) in [6.07, 6.45) is 3.06. The number of nitrogens with one attached hydrogen (secondary N) is 1. The summed E-state index contributed by atoms with van der Waals surface area (Å²) in [4.78, 5) is 11.8. The van der Waals surface area contributed by atoms with Crippen molar-refractivity contribution in [3.63, 3.8) is 0 Å². The zero-order chi connectivity index (χ0) is 17.4. The third-order valence-corrected chi connectivity index (χ3v) is 3.04. The highest BCUT2D eigenvalue weighted by atomic mass is 19.1. The van der Waals surface area contributed by atoms with Crippen LogP contribution in [0.5, 0.6) is 11.5 Å². The van der Waals surface area contributed by atoms with Crippen LogP contribution in [0, 0.1) is 5.82 Å². The molecule has 0 atom stereocenters. The summed E-state index contributed by atoms with van der Waals surface area (Å²) < 4.78 is 24.2. The molecule has 2 aromatic carbocycles. The zero-order valence-corrected chi connectivity index (χ0v) is 13.2. The first-order chi connectivity index (χ1) is 11.7. The Kier molecular flexibility index (Phi) is 6.08. The van der Waals surface area contributed by atoms with Gasteiger partial charge in [-0.1, -0.05) is 24.8 Å². The summed E-state index contributed by atoms with van der Waals surface area (Å²) in [6.45, 7) is 3.95. The van der Waals surface area contributed by atoms with Crippen molar-refractivity contribution >= 4 is 12.1 Å². The first kappa shape index (κ1) is 17.2. The van der Waals surface area contributed by atoms with Gasteiger partial charge in [0.15, 0.2) is 11.5 Å². The van der Waals surface area contributed by atoms with Gasteiger partial charge in [-0.15, -0.1) is 0 Å². The fraction of sp³-hybridized carbons (Fsp3) is 0.111. The largest absolute Gasteiger partial charge is 0.493 e. The second-order valence-electron chi connectivity index (χ2n) is 4.69. The van der Waals surface area contributed by atoms with Crippen LogP contribution in [-0.4, -0.2) is 25.8 Å². The highest BCUT2D eigenvalue weighted by Crippen LogP contribution is 2.27. The van der Waals surface area contributed by atoms with E-state index in [-0.39, 0.29) is 5.56 Å². The van der Waals surface area contributed by atoms with E-state index in [1.807, 2.05) is 0 Å². The molecule has 0 aliphatic rings. The maximum Gasteiger partial charge on any atom is 0.274 e. The highest BCUT2D eigenvalue weighted by Gasteiger charge is 2.09. The van der Waals surface area contributed by atoms with E-state index in [4.69, 9.17) is 9.47 Å². The zero-order valence-electron chi connectivity index (χ0n) is 13.2. The van der Waals surface area contributed by atoms with Crippen molar-refractivity contribution in [3.05, 3.63) is 72.1 Å². The quantitative estimate of drug-likeness (QED) is 0.482. The van der Waals surface area contributed by atoms with Crippen molar-refractivity contribution in [2.24, 2.45) is 5.10 Å². The first-order valence-electron chi connectivity index (χ1n) is 7.15. The van der Waals surface area contributed by atoms with E-state index in [0.29, 0.717) is 23.7 Å². The number of benzene rings is 2. The molecule has 0 bridgehead atoms. The highest BCUT2D eigenvalue weighted by molar-refractivity contribution is 5.95. The van der Waals surface area contributed by atoms with Crippen LogP contribution in [0.25, 0.3) is 0 Å². The number of hydrazone groups is 1. The standard InChI is InChI=1S/C18H17FN2O3/c1-3-10-24-16-9-8-13(11-17(16)23-2)12-20-21-18(22)14-6-4-5-7-15(14)19/h3-9,11-12H,1,10H2,2H3,(H,21,22)/b20-12-. The summed E-state index contributed by atoms with van der Waals surface area (Å²) in [5, 5.41) is 3.82. The van der Waals surface area contributed by atoms with Crippen molar-refractivity contribution in [1.29, 1.82) is 0 Å². The second kappa shape index (κ2) is 8.47. The molecular weight excluding hydrogens is 311 g/mol. The molecule has 0 saturated heterocycles. The second-order valence-corrected chi connectivity index (χ2v) is 4.69. The Hall–Kier alpha value is -3.15. The summed E-state index contributed by atoms with van der Waals surface area (Å²) in [5.74, 6) is -0.121. The molecule has 0 fully saturated rings. The average molecular weight is 328 g/mol. The third-order valence-electron chi connectivity index (χ3n) is 3.04. The fourth-order valence-corrected chi connectivity index (χ4v) is 1.90. The van der Waals surface area contributed by atoms with Gasteiger partial charge in [0.05, 0.1) is 18.9 Å². The molecule has 0 heterocycles. The van der Waals surface area contributed by atoms with Crippen LogP contribution in [0.15, 0.2) is 60.2 Å². The Morgan fingerprint density at radius 2 is 2.08 bits per heavy atom. The average Bonchev–Trinajstić information content (AvgIpc) is 2.60. The number of hydrogen-bond acceptors (Lipinski definition) is 4. The molecular formula is C18H17FN2O3. The monoisotopic (exact) mass is 328 g/mol. The molecule has 0 spiro atoms. The van der Waals surface area contributed by atoms with E-state index in [9.17, 15) is 9.18 Å². The number of halogens is 1. The van der Waals surface area contributed by atoms with E-state index < -0.39 is 11.7 Å². The fourth-order valence-electron chi connectivity index (χ4n) is 1.90. The number of ether oxygens (including phenoxy) is 2. The van der Waals surface area contributed by atoms with Gasteiger partial charge in [-0.2, -0.15) is 5.10 Å². The normalized spacial score (nSPS) is 10.4. The number of methoxy groups -OCH3 is 1. The first-order valence-corrected chi connectivity index (χ1v) is 7.15. The third kappa shape index (κ3) is 4.42. The predicted octanol–water partition coefficient (Wildman–Crippen LogP) is 3.16. The minimum Gasteiger partial charge on any atom is -0.493 e. The van der Waals surface area contributed by atoms with E-state index in [2.05, 4.69) is 17.1 Å². The summed E-state index contributed by atoms with van der Waals surface area (Å²) in [7, 11) is 1.52. The molecule has 0 aliphatic heterocycles. The minimum absolute atomic E-state index is 0.0691. The van der Waals surface area contributed by atoms with Gasteiger partial charge in [-0.05, 0) is 35.9 Å².